The number of esters is 1. The molecule has 0 saturated heterocycles. The monoisotopic (exact) mass is 288 g/mol. The van der Waals surface area contributed by atoms with Crippen LogP contribution in [0.2, 0.25) is 0 Å². The predicted octanol–water partition coefficient (Wildman–Crippen LogP) is 1.93. The molecule has 2 atom stereocenters. The summed E-state index contributed by atoms with van der Waals surface area (Å²) in [6, 6.07) is 8.91. The van der Waals surface area contributed by atoms with E-state index in [0.29, 0.717) is 0 Å². The molecule has 5 nitrogen and oxygen atoms in total. The molecule has 0 radical (unpaired) electrons. The number of aliphatic hydroxyl groups is 1. The Morgan fingerprint density at radius 2 is 1.86 bits per heavy atom. The number of Topliss-reactive ketones (excluding diaryl/α,β-unsaturated/α-hetero) is 2. The van der Waals surface area contributed by atoms with E-state index in [1.807, 2.05) is 6.07 Å². The number of carbonyl (C=O) groups excluding carboxylic acids is 3. The van der Waals surface area contributed by atoms with Gasteiger partial charge in [-0.15, -0.1) is 0 Å². The first kappa shape index (κ1) is 15.0. The maximum Gasteiger partial charge on any atom is 0.337 e. The Morgan fingerprint density at radius 1 is 1.24 bits per heavy atom. The number of allylic oxidation sites excluding steroid dienone is 1. The Hall–Kier alpha value is -2.43. The second-order valence-electron chi connectivity index (χ2n) is 4.97. The van der Waals surface area contributed by atoms with Crippen LogP contribution in [-0.2, 0) is 19.1 Å². The summed E-state index contributed by atoms with van der Waals surface area (Å²) >= 11 is 0. The van der Waals surface area contributed by atoms with Crippen molar-refractivity contribution < 1.29 is 24.2 Å². The van der Waals surface area contributed by atoms with Crippen molar-refractivity contribution in [3.05, 3.63) is 47.2 Å². The molecule has 1 aromatic carbocycles. The lowest BCUT2D eigenvalue weighted by Crippen LogP contribution is -2.34. The van der Waals surface area contributed by atoms with E-state index in [1.165, 1.54) is 14.0 Å². The number of hydrogen-bond donors (Lipinski definition) is 1. The Kier molecular flexibility index (Phi) is 4.21. The van der Waals surface area contributed by atoms with Crippen LogP contribution >= 0.6 is 0 Å². The van der Waals surface area contributed by atoms with Crippen molar-refractivity contribution >= 4 is 17.5 Å². The molecule has 0 amide bonds. The molecule has 5 heteroatoms. The van der Waals surface area contributed by atoms with Gasteiger partial charge in [-0.3, -0.25) is 9.59 Å². The molecule has 110 valence electrons. The maximum atomic E-state index is 12.1. The van der Waals surface area contributed by atoms with Gasteiger partial charge in [0.1, 0.15) is 17.5 Å². The van der Waals surface area contributed by atoms with Gasteiger partial charge in [0, 0.05) is 12.3 Å². The third-order valence-electron chi connectivity index (χ3n) is 3.64. The molecule has 0 saturated carbocycles. The number of rotatable bonds is 3. The van der Waals surface area contributed by atoms with Crippen LogP contribution in [0.1, 0.15) is 24.8 Å². The average Bonchev–Trinajstić information content (AvgIpc) is 2.46. The molecular formula is C16H16O5. The highest BCUT2D eigenvalue weighted by Gasteiger charge is 2.42. The largest absolute Gasteiger partial charge is 0.510 e. The normalized spacial score (nSPS) is 22.1. The summed E-state index contributed by atoms with van der Waals surface area (Å²) in [6.45, 7) is 1.22. The smallest absolute Gasteiger partial charge is 0.337 e. The molecule has 21 heavy (non-hydrogen) atoms. The molecule has 0 heterocycles. The third-order valence-corrected chi connectivity index (χ3v) is 3.64. The lowest BCUT2D eigenvalue weighted by molar-refractivity contribution is -0.137. The fraction of sp³-hybridized carbons (Fsp3) is 0.312. The van der Waals surface area contributed by atoms with Crippen LogP contribution in [0.4, 0.5) is 0 Å². The van der Waals surface area contributed by atoms with Crippen LogP contribution < -0.4 is 0 Å². The topological polar surface area (TPSA) is 80.7 Å². The molecule has 0 bridgehead atoms. The fourth-order valence-corrected chi connectivity index (χ4v) is 2.65. The van der Waals surface area contributed by atoms with Gasteiger partial charge in [-0.25, -0.2) is 4.79 Å². The highest BCUT2D eigenvalue weighted by atomic mass is 16.5. The molecule has 0 aliphatic heterocycles. The second-order valence-corrected chi connectivity index (χ2v) is 4.97. The molecule has 1 aliphatic rings. The summed E-state index contributed by atoms with van der Waals surface area (Å²) in [5.41, 5.74) is 0.711. The van der Waals surface area contributed by atoms with Gasteiger partial charge >= 0.3 is 5.97 Å². The van der Waals surface area contributed by atoms with E-state index in [4.69, 9.17) is 4.74 Å². The highest BCUT2D eigenvalue weighted by molar-refractivity contribution is 6.08. The van der Waals surface area contributed by atoms with Crippen LogP contribution in [0.5, 0.6) is 0 Å². The zero-order valence-electron chi connectivity index (χ0n) is 11.8. The van der Waals surface area contributed by atoms with E-state index < -0.39 is 29.3 Å². The minimum atomic E-state index is -1.26. The van der Waals surface area contributed by atoms with Crippen molar-refractivity contribution in [2.45, 2.75) is 19.3 Å². The maximum absolute atomic E-state index is 12.1. The molecule has 1 aromatic rings. The van der Waals surface area contributed by atoms with Crippen molar-refractivity contribution in [3.63, 3.8) is 0 Å². The van der Waals surface area contributed by atoms with E-state index in [9.17, 15) is 19.5 Å². The number of ether oxygens (including phenoxy) is 1. The molecule has 0 fully saturated rings. The lowest BCUT2D eigenvalue weighted by Gasteiger charge is -2.28. The number of aliphatic hydroxyl groups excluding tert-OH is 1. The molecule has 0 unspecified atom stereocenters. The van der Waals surface area contributed by atoms with Crippen molar-refractivity contribution in [2.75, 3.05) is 7.11 Å². The average molecular weight is 288 g/mol. The number of carbonyl (C=O) groups is 3. The number of methoxy groups -OCH3 is 1. The van der Waals surface area contributed by atoms with E-state index in [1.54, 1.807) is 24.3 Å². The zero-order chi connectivity index (χ0) is 15.6. The first-order valence-electron chi connectivity index (χ1n) is 6.56. The Morgan fingerprint density at radius 3 is 2.38 bits per heavy atom. The minimum absolute atomic E-state index is 0.0106. The number of hydrogen-bond acceptors (Lipinski definition) is 5. The molecular weight excluding hydrogens is 272 g/mol. The fourth-order valence-electron chi connectivity index (χ4n) is 2.65. The molecule has 2 rings (SSSR count). The first-order chi connectivity index (χ1) is 9.97. The van der Waals surface area contributed by atoms with Crippen LogP contribution in [0.15, 0.2) is 41.7 Å². The SMILES string of the molecule is COC(=O)C1=C(O)[C@H](C(C)=O)C(=O)C[C@H]1c1ccccc1. The van der Waals surface area contributed by atoms with E-state index >= 15 is 0 Å². The number of ketones is 2. The highest BCUT2D eigenvalue weighted by Crippen LogP contribution is 2.38. The molecule has 1 aliphatic carbocycles. The van der Waals surface area contributed by atoms with Crippen molar-refractivity contribution in [2.24, 2.45) is 5.92 Å². The van der Waals surface area contributed by atoms with Gasteiger partial charge in [-0.05, 0) is 12.5 Å². The van der Waals surface area contributed by atoms with Gasteiger partial charge in [0.2, 0.25) is 0 Å². The minimum Gasteiger partial charge on any atom is -0.510 e. The Labute approximate surface area is 122 Å². The Balaban J connectivity index is 2.58. The van der Waals surface area contributed by atoms with Gasteiger partial charge < -0.3 is 9.84 Å². The van der Waals surface area contributed by atoms with Crippen molar-refractivity contribution in [1.29, 1.82) is 0 Å². The predicted molar refractivity (Wildman–Crippen MR) is 74.6 cm³/mol. The summed E-state index contributed by atoms with van der Waals surface area (Å²) in [4.78, 5) is 35.6. The zero-order valence-corrected chi connectivity index (χ0v) is 11.8. The van der Waals surface area contributed by atoms with E-state index in [2.05, 4.69) is 0 Å². The number of benzene rings is 1. The Bertz CT molecular complexity index is 615. The van der Waals surface area contributed by atoms with Crippen molar-refractivity contribution in [1.82, 2.24) is 0 Å². The van der Waals surface area contributed by atoms with Gasteiger partial charge in [-0.2, -0.15) is 0 Å². The quantitative estimate of drug-likeness (QED) is 0.679. The second kappa shape index (κ2) is 5.91. The summed E-state index contributed by atoms with van der Waals surface area (Å²) in [5.74, 6) is -3.94. The molecule has 1 N–H and O–H groups in total. The lowest BCUT2D eigenvalue weighted by atomic mass is 9.75. The third kappa shape index (κ3) is 2.72. The van der Waals surface area contributed by atoms with E-state index in [0.717, 1.165) is 5.56 Å². The molecule has 0 aromatic heterocycles. The molecule has 0 spiro atoms. The van der Waals surface area contributed by atoms with Crippen molar-refractivity contribution in [3.8, 4) is 0 Å². The summed E-state index contributed by atoms with van der Waals surface area (Å²) in [5, 5.41) is 10.2. The first-order valence-corrected chi connectivity index (χ1v) is 6.56. The standard InChI is InChI=1S/C16H16O5/c1-9(17)13-12(18)8-11(10-6-4-3-5-7-10)14(15(13)19)16(20)21-2/h3-7,11,13,19H,8H2,1-2H3/t11-,13+/m0/s1. The summed E-state index contributed by atoms with van der Waals surface area (Å²) in [7, 11) is 1.20. The summed E-state index contributed by atoms with van der Waals surface area (Å²) in [6.07, 6.45) is -0.0112. The van der Waals surface area contributed by atoms with Gasteiger partial charge in [-0.1, -0.05) is 30.3 Å². The van der Waals surface area contributed by atoms with Crippen LogP contribution in [0.3, 0.4) is 0 Å². The van der Waals surface area contributed by atoms with Gasteiger partial charge in [0.25, 0.3) is 0 Å². The van der Waals surface area contributed by atoms with Crippen LogP contribution in [0.25, 0.3) is 0 Å². The van der Waals surface area contributed by atoms with Crippen LogP contribution in [0, 0.1) is 5.92 Å². The van der Waals surface area contributed by atoms with Crippen LogP contribution in [-0.4, -0.2) is 29.8 Å². The van der Waals surface area contributed by atoms with Gasteiger partial charge in [0.15, 0.2) is 5.78 Å². The van der Waals surface area contributed by atoms with E-state index in [-0.39, 0.29) is 17.8 Å². The van der Waals surface area contributed by atoms with Gasteiger partial charge in [0.05, 0.1) is 12.7 Å². The summed E-state index contributed by atoms with van der Waals surface area (Å²) < 4.78 is 4.70.